The van der Waals surface area contributed by atoms with Crippen molar-refractivity contribution in [3.8, 4) is 22.8 Å². The van der Waals surface area contributed by atoms with E-state index in [1.165, 1.54) is 0 Å². The number of pyridine rings is 1. The molecule has 3 aromatic heterocycles. The predicted molar refractivity (Wildman–Crippen MR) is 112 cm³/mol. The molecule has 0 aliphatic heterocycles. The summed E-state index contributed by atoms with van der Waals surface area (Å²) < 4.78 is 11.8. The summed E-state index contributed by atoms with van der Waals surface area (Å²) in [7, 11) is 3.24. The molecule has 0 spiro atoms. The first-order valence-corrected chi connectivity index (χ1v) is 10.4. The van der Waals surface area contributed by atoms with Crippen LogP contribution in [0.15, 0.2) is 47.8 Å². The molecule has 0 saturated heterocycles. The summed E-state index contributed by atoms with van der Waals surface area (Å²) in [5, 5.41) is 10.8. The molecular weight excluding hydrogens is 392 g/mol. The van der Waals surface area contributed by atoms with Gasteiger partial charge in [-0.1, -0.05) is 17.8 Å². The second kappa shape index (κ2) is 8.12. The van der Waals surface area contributed by atoms with Crippen LogP contribution in [0, 0.1) is 6.92 Å². The minimum absolute atomic E-state index is 0.659. The number of benzene rings is 1. The van der Waals surface area contributed by atoms with Crippen LogP contribution in [0.25, 0.3) is 21.5 Å². The van der Waals surface area contributed by atoms with Gasteiger partial charge in [-0.15, -0.1) is 21.5 Å². The Morgan fingerprint density at radius 3 is 2.68 bits per heavy atom. The summed E-state index contributed by atoms with van der Waals surface area (Å²) in [4.78, 5) is 8.87. The van der Waals surface area contributed by atoms with Gasteiger partial charge in [-0.05, 0) is 36.8 Å². The van der Waals surface area contributed by atoms with E-state index in [1.807, 2.05) is 37.4 Å². The molecular formula is C20H18N4O2S2. The van der Waals surface area contributed by atoms with E-state index in [0.29, 0.717) is 11.5 Å². The van der Waals surface area contributed by atoms with E-state index in [-0.39, 0.29) is 0 Å². The largest absolute Gasteiger partial charge is 0.493 e. The van der Waals surface area contributed by atoms with E-state index in [0.717, 1.165) is 42.8 Å². The van der Waals surface area contributed by atoms with E-state index in [9.17, 15) is 0 Å². The number of rotatable bonds is 6. The van der Waals surface area contributed by atoms with Gasteiger partial charge in [0.2, 0.25) is 0 Å². The first-order chi connectivity index (χ1) is 13.7. The molecule has 0 radical (unpaired) electrons. The highest BCUT2D eigenvalue weighted by molar-refractivity contribution is 7.98. The molecule has 6 nitrogen and oxygen atoms in total. The van der Waals surface area contributed by atoms with Gasteiger partial charge in [-0.3, -0.25) is 4.98 Å². The number of thioether (sulfide) groups is 1. The molecule has 0 amide bonds. The predicted octanol–water partition coefficient (Wildman–Crippen LogP) is 4.77. The summed E-state index contributed by atoms with van der Waals surface area (Å²) in [6.45, 7) is 2.00. The lowest BCUT2D eigenvalue weighted by molar-refractivity contribution is 0.355. The Morgan fingerprint density at radius 1 is 1.07 bits per heavy atom. The zero-order valence-electron chi connectivity index (χ0n) is 15.7. The number of thiazole rings is 1. The molecule has 8 heteroatoms. The van der Waals surface area contributed by atoms with Crippen molar-refractivity contribution >= 4 is 33.3 Å². The lowest BCUT2D eigenvalue weighted by atomic mass is 10.1. The highest BCUT2D eigenvalue weighted by atomic mass is 32.2. The SMILES string of the molecule is COc1ccc(-c2nnc(SCc3cccnc3)c3nc(C)sc23)cc1OC. The zero-order chi connectivity index (χ0) is 19.5. The molecule has 0 N–H and O–H groups in total. The molecule has 0 saturated carbocycles. The molecule has 0 bridgehead atoms. The van der Waals surface area contributed by atoms with Gasteiger partial charge in [-0.25, -0.2) is 4.98 Å². The summed E-state index contributed by atoms with van der Waals surface area (Å²) in [6.07, 6.45) is 3.63. The maximum Gasteiger partial charge on any atom is 0.161 e. The van der Waals surface area contributed by atoms with Crippen molar-refractivity contribution in [2.75, 3.05) is 14.2 Å². The number of fused-ring (bicyclic) bond motifs is 1. The Kier molecular flexibility index (Phi) is 5.40. The molecule has 0 atom stereocenters. The molecule has 1 aromatic carbocycles. The average molecular weight is 411 g/mol. The lowest BCUT2D eigenvalue weighted by Gasteiger charge is -2.10. The van der Waals surface area contributed by atoms with Crippen LogP contribution in [0.2, 0.25) is 0 Å². The first kappa shape index (κ1) is 18.6. The van der Waals surface area contributed by atoms with Crippen molar-refractivity contribution in [1.82, 2.24) is 20.2 Å². The number of ether oxygens (including phenoxy) is 2. The van der Waals surface area contributed by atoms with Gasteiger partial charge in [0.15, 0.2) is 11.5 Å². The molecule has 0 fully saturated rings. The van der Waals surface area contributed by atoms with Crippen LogP contribution in [0.1, 0.15) is 10.6 Å². The van der Waals surface area contributed by atoms with Crippen molar-refractivity contribution in [2.45, 2.75) is 17.7 Å². The number of aromatic nitrogens is 4. The molecule has 0 aliphatic rings. The van der Waals surface area contributed by atoms with Crippen LogP contribution < -0.4 is 9.47 Å². The van der Waals surface area contributed by atoms with Crippen LogP contribution in [-0.2, 0) is 5.75 Å². The summed E-state index contributed by atoms with van der Waals surface area (Å²) >= 11 is 3.24. The summed E-state index contributed by atoms with van der Waals surface area (Å²) in [6, 6.07) is 9.74. The third-order valence-corrected chi connectivity index (χ3v) is 6.15. The molecule has 0 aliphatic carbocycles. The normalized spacial score (nSPS) is 11.0. The molecule has 4 rings (SSSR count). The lowest BCUT2D eigenvalue weighted by Crippen LogP contribution is -1.95. The Balaban J connectivity index is 1.73. The van der Waals surface area contributed by atoms with Gasteiger partial charge < -0.3 is 9.47 Å². The van der Waals surface area contributed by atoms with E-state index in [4.69, 9.17) is 14.5 Å². The molecule has 28 heavy (non-hydrogen) atoms. The third kappa shape index (κ3) is 3.65. The van der Waals surface area contributed by atoms with Crippen LogP contribution >= 0.6 is 23.1 Å². The molecule has 3 heterocycles. The van der Waals surface area contributed by atoms with Crippen molar-refractivity contribution in [3.05, 3.63) is 53.3 Å². The van der Waals surface area contributed by atoms with Crippen molar-refractivity contribution in [2.24, 2.45) is 0 Å². The Bertz CT molecular complexity index is 1120. The third-order valence-electron chi connectivity index (χ3n) is 4.15. The maximum absolute atomic E-state index is 5.43. The van der Waals surface area contributed by atoms with Crippen molar-refractivity contribution in [1.29, 1.82) is 0 Å². The fourth-order valence-electron chi connectivity index (χ4n) is 2.83. The Morgan fingerprint density at radius 2 is 1.93 bits per heavy atom. The average Bonchev–Trinajstić information content (AvgIpc) is 3.13. The first-order valence-electron chi connectivity index (χ1n) is 8.57. The van der Waals surface area contributed by atoms with Crippen LogP contribution in [0.3, 0.4) is 0 Å². The van der Waals surface area contributed by atoms with E-state index in [2.05, 4.69) is 21.2 Å². The summed E-state index contributed by atoms with van der Waals surface area (Å²) in [5.41, 5.74) is 3.74. The van der Waals surface area contributed by atoms with Crippen molar-refractivity contribution < 1.29 is 9.47 Å². The van der Waals surface area contributed by atoms with Gasteiger partial charge in [0.1, 0.15) is 16.2 Å². The van der Waals surface area contributed by atoms with Gasteiger partial charge in [-0.2, -0.15) is 0 Å². The molecule has 0 unspecified atom stereocenters. The van der Waals surface area contributed by atoms with Gasteiger partial charge >= 0.3 is 0 Å². The second-order valence-corrected chi connectivity index (χ2v) is 8.15. The Labute approximate surface area is 171 Å². The quantitative estimate of drug-likeness (QED) is 0.424. The van der Waals surface area contributed by atoms with Gasteiger partial charge in [0.25, 0.3) is 0 Å². The van der Waals surface area contributed by atoms with E-state index < -0.39 is 0 Å². The highest BCUT2D eigenvalue weighted by Crippen LogP contribution is 2.38. The maximum atomic E-state index is 5.43. The second-order valence-electron chi connectivity index (χ2n) is 5.98. The van der Waals surface area contributed by atoms with Crippen molar-refractivity contribution in [3.63, 3.8) is 0 Å². The number of hydrogen-bond acceptors (Lipinski definition) is 8. The standard InChI is InChI=1S/C20H18N4O2S2/c1-12-22-18-19(28-12)17(14-6-7-15(25-2)16(9-14)26-3)23-24-20(18)27-11-13-5-4-8-21-10-13/h4-10H,11H2,1-3H3. The van der Waals surface area contributed by atoms with Gasteiger partial charge in [0, 0.05) is 23.7 Å². The fourth-order valence-corrected chi connectivity index (χ4v) is 4.67. The van der Waals surface area contributed by atoms with E-state index in [1.54, 1.807) is 43.5 Å². The molecule has 142 valence electrons. The highest BCUT2D eigenvalue weighted by Gasteiger charge is 2.17. The zero-order valence-corrected chi connectivity index (χ0v) is 17.3. The number of aryl methyl sites for hydroxylation is 1. The molecule has 4 aromatic rings. The smallest absolute Gasteiger partial charge is 0.161 e. The number of nitrogens with zero attached hydrogens (tertiary/aromatic N) is 4. The van der Waals surface area contributed by atoms with Crippen LogP contribution in [-0.4, -0.2) is 34.4 Å². The Hall–Kier alpha value is -2.71. The number of hydrogen-bond donors (Lipinski definition) is 0. The fraction of sp³-hybridized carbons (Fsp3) is 0.200. The monoisotopic (exact) mass is 410 g/mol. The van der Waals surface area contributed by atoms with Gasteiger partial charge in [0.05, 0.1) is 23.9 Å². The van der Waals surface area contributed by atoms with Crippen LogP contribution in [0.4, 0.5) is 0 Å². The topological polar surface area (TPSA) is 70.0 Å². The van der Waals surface area contributed by atoms with E-state index >= 15 is 0 Å². The minimum Gasteiger partial charge on any atom is -0.493 e. The van der Waals surface area contributed by atoms with Crippen LogP contribution in [0.5, 0.6) is 11.5 Å². The number of methoxy groups -OCH3 is 2. The summed E-state index contributed by atoms with van der Waals surface area (Å²) in [5.74, 6) is 2.11. The minimum atomic E-state index is 0.659.